The summed E-state index contributed by atoms with van der Waals surface area (Å²) < 4.78 is 4.77. The van der Waals surface area contributed by atoms with Gasteiger partial charge >= 0.3 is 5.97 Å². The molecule has 1 aromatic carbocycles. The number of ether oxygens (including phenoxy) is 1. The van der Waals surface area contributed by atoms with E-state index in [4.69, 9.17) is 10.5 Å². The van der Waals surface area contributed by atoms with Crippen LogP contribution >= 0.6 is 0 Å². The van der Waals surface area contributed by atoms with Crippen LogP contribution in [-0.2, 0) is 4.74 Å². The summed E-state index contributed by atoms with van der Waals surface area (Å²) in [6.07, 6.45) is 1.13. The van der Waals surface area contributed by atoms with Crippen molar-refractivity contribution in [3.63, 3.8) is 0 Å². The fourth-order valence-electron chi connectivity index (χ4n) is 1.98. The van der Waals surface area contributed by atoms with Gasteiger partial charge in [0.25, 0.3) is 0 Å². The zero-order valence-corrected chi connectivity index (χ0v) is 12.5. The van der Waals surface area contributed by atoms with E-state index >= 15 is 0 Å². The first kappa shape index (κ1) is 15.3. The second-order valence-corrected chi connectivity index (χ2v) is 5.11. The lowest BCUT2D eigenvalue weighted by molar-refractivity contribution is 0.0602. The second-order valence-electron chi connectivity index (χ2n) is 5.11. The molecular formula is C15H24N2O2. The van der Waals surface area contributed by atoms with Gasteiger partial charge in [0.05, 0.1) is 12.7 Å². The number of carbonyl (C=O) groups excluding carboxylic acids is 1. The van der Waals surface area contributed by atoms with Gasteiger partial charge in [0.15, 0.2) is 0 Å². The van der Waals surface area contributed by atoms with Crippen LogP contribution in [0.15, 0.2) is 12.1 Å². The summed E-state index contributed by atoms with van der Waals surface area (Å²) in [7, 11) is 3.39. The summed E-state index contributed by atoms with van der Waals surface area (Å²) in [4.78, 5) is 13.9. The zero-order valence-electron chi connectivity index (χ0n) is 12.5. The molecule has 1 atom stereocenters. The standard InChI is InChI=1S/C15H24N2O2/c1-6-10(2)9-17(4)12-7-11(3)14(16)13(8-12)15(18)19-5/h7-8,10H,6,9,16H2,1-5H3. The van der Waals surface area contributed by atoms with Crippen LogP contribution in [0.2, 0.25) is 0 Å². The number of methoxy groups -OCH3 is 1. The van der Waals surface area contributed by atoms with Gasteiger partial charge in [-0.2, -0.15) is 0 Å². The maximum atomic E-state index is 11.7. The maximum absolute atomic E-state index is 11.7. The molecule has 0 radical (unpaired) electrons. The molecule has 2 N–H and O–H groups in total. The lowest BCUT2D eigenvalue weighted by Gasteiger charge is -2.24. The Hall–Kier alpha value is -1.71. The van der Waals surface area contributed by atoms with Crippen molar-refractivity contribution < 1.29 is 9.53 Å². The lowest BCUT2D eigenvalue weighted by Crippen LogP contribution is -2.24. The number of nitrogens with zero attached hydrogens (tertiary/aromatic N) is 1. The Bertz CT molecular complexity index is 458. The zero-order chi connectivity index (χ0) is 14.6. The Morgan fingerprint density at radius 3 is 2.63 bits per heavy atom. The number of aryl methyl sites for hydroxylation is 1. The quantitative estimate of drug-likeness (QED) is 0.656. The number of anilines is 2. The number of esters is 1. The van der Waals surface area contributed by atoms with Gasteiger partial charge in [0, 0.05) is 25.0 Å². The second kappa shape index (κ2) is 6.45. The molecule has 0 fully saturated rings. The molecule has 1 rings (SSSR count). The number of nitrogen functional groups attached to an aromatic ring is 1. The third kappa shape index (κ3) is 3.63. The van der Waals surface area contributed by atoms with Crippen LogP contribution in [0, 0.1) is 12.8 Å². The molecule has 0 aromatic heterocycles. The minimum atomic E-state index is -0.389. The number of hydrogen-bond acceptors (Lipinski definition) is 4. The molecule has 1 unspecified atom stereocenters. The topological polar surface area (TPSA) is 55.6 Å². The van der Waals surface area contributed by atoms with Gasteiger partial charge in [-0.05, 0) is 30.5 Å². The number of carbonyl (C=O) groups is 1. The largest absolute Gasteiger partial charge is 0.465 e. The SMILES string of the molecule is CCC(C)CN(C)c1cc(C)c(N)c(C(=O)OC)c1. The van der Waals surface area contributed by atoms with E-state index in [1.165, 1.54) is 7.11 Å². The molecule has 1 aromatic rings. The van der Waals surface area contributed by atoms with Gasteiger partial charge in [-0.25, -0.2) is 4.79 Å². The average molecular weight is 264 g/mol. The summed E-state index contributed by atoms with van der Waals surface area (Å²) >= 11 is 0. The van der Waals surface area contributed by atoms with Gasteiger partial charge in [-0.15, -0.1) is 0 Å². The third-order valence-corrected chi connectivity index (χ3v) is 3.50. The van der Waals surface area contributed by atoms with Gasteiger partial charge in [0.1, 0.15) is 0 Å². The van der Waals surface area contributed by atoms with Gasteiger partial charge in [0.2, 0.25) is 0 Å². The van der Waals surface area contributed by atoms with Gasteiger partial charge in [-0.1, -0.05) is 20.3 Å². The van der Waals surface area contributed by atoms with E-state index in [2.05, 4.69) is 18.7 Å². The summed E-state index contributed by atoms with van der Waals surface area (Å²) in [5, 5.41) is 0. The molecule has 0 amide bonds. The predicted molar refractivity (Wildman–Crippen MR) is 79.7 cm³/mol. The Labute approximate surface area is 115 Å². The monoisotopic (exact) mass is 264 g/mol. The molecule has 0 spiro atoms. The van der Waals surface area contributed by atoms with Crippen LogP contribution < -0.4 is 10.6 Å². The van der Waals surface area contributed by atoms with E-state index in [9.17, 15) is 4.79 Å². The maximum Gasteiger partial charge on any atom is 0.340 e. The lowest BCUT2D eigenvalue weighted by atomic mass is 10.0. The van der Waals surface area contributed by atoms with Crippen LogP contribution in [0.1, 0.15) is 36.2 Å². The van der Waals surface area contributed by atoms with Crippen molar-refractivity contribution in [2.45, 2.75) is 27.2 Å². The highest BCUT2D eigenvalue weighted by molar-refractivity contribution is 5.97. The summed E-state index contributed by atoms with van der Waals surface area (Å²) in [5.41, 5.74) is 8.76. The number of rotatable bonds is 5. The fourth-order valence-corrected chi connectivity index (χ4v) is 1.98. The molecule has 4 heteroatoms. The van der Waals surface area contributed by atoms with Crippen LogP contribution in [0.3, 0.4) is 0 Å². The van der Waals surface area contributed by atoms with E-state index in [0.29, 0.717) is 17.2 Å². The molecule has 0 aliphatic rings. The van der Waals surface area contributed by atoms with Crippen molar-refractivity contribution in [1.29, 1.82) is 0 Å². The van der Waals surface area contributed by atoms with Crippen molar-refractivity contribution >= 4 is 17.3 Å². The van der Waals surface area contributed by atoms with Crippen LogP contribution in [0.25, 0.3) is 0 Å². The van der Waals surface area contributed by atoms with E-state index in [0.717, 1.165) is 24.2 Å². The van der Waals surface area contributed by atoms with Crippen LogP contribution in [0.4, 0.5) is 11.4 Å². The van der Waals surface area contributed by atoms with Crippen LogP contribution in [0.5, 0.6) is 0 Å². The number of hydrogen-bond donors (Lipinski definition) is 1. The summed E-state index contributed by atoms with van der Waals surface area (Å²) in [5.74, 6) is 0.212. The van der Waals surface area contributed by atoms with Crippen molar-refractivity contribution in [2.24, 2.45) is 5.92 Å². The highest BCUT2D eigenvalue weighted by atomic mass is 16.5. The van der Waals surface area contributed by atoms with Crippen molar-refractivity contribution in [2.75, 3.05) is 31.3 Å². The van der Waals surface area contributed by atoms with E-state index in [1.54, 1.807) is 6.07 Å². The molecule has 0 heterocycles. The Balaban J connectivity index is 3.09. The summed E-state index contributed by atoms with van der Waals surface area (Å²) in [6, 6.07) is 3.81. The highest BCUT2D eigenvalue weighted by Crippen LogP contribution is 2.26. The molecule has 19 heavy (non-hydrogen) atoms. The van der Waals surface area contributed by atoms with Gasteiger partial charge in [-0.3, -0.25) is 0 Å². The summed E-state index contributed by atoms with van der Waals surface area (Å²) in [6.45, 7) is 7.23. The fraction of sp³-hybridized carbons (Fsp3) is 0.533. The molecule has 4 nitrogen and oxygen atoms in total. The smallest absolute Gasteiger partial charge is 0.340 e. The minimum Gasteiger partial charge on any atom is -0.465 e. The van der Waals surface area contributed by atoms with E-state index < -0.39 is 0 Å². The predicted octanol–water partition coefficient (Wildman–Crippen LogP) is 2.85. The number of benzene rings is 1. The highest BCUT2D eigenvalue weighted by Gasteiger charge is 2.15. The molecule has 0 aliphatic heterocycles. The average Bonchev–Trinajstić information content (AvgIpc) is 2.40. The molecule has 0 saturated carbocycles. The van der Waals surface area contributed by atoms with Crippen molar-refractivity contribution in [1.82, 2.24) is 0 Å². The molecule has 0 aliphatic carbocycles. The first-order chi connectivity index (χ1) is 8.90. The minimum absolute atomic E-state index is 0.389. The van der Waals surface area contributed by atoms with E-state index in [-0.39, 0.29) is 5.97 Å². The third-order valence-electron chi connectivity index (χ3n) is 3.50. The Morgan fingerprint density at radius 1 is 1.47 bits per heavy atom. The Morgan fingerprint density at radius 2 is 2.11 bits per heavy atom. The number of nitrogens with two attached hydrogens (primary N) is 1. The normalized spacial score (nSPS) is 12.1. The Kier molecular flexibility index (Phi) is 5.21. The molecule has 0 saturated heterocycles. The van der Waals surface area contributed by atoms with Crippen LogP contribution in [-0.4, -0.2) is 26.7 Å². The first-order valence-electron chi connectivity index (χ1n) is 6.60. The van der Waals surface area contributed by atoms with Crippen molar-refractivity contribution in [3.8, 4) is 0 Å². The molecular weight excluding hydrogens is 240 g/mol. The molecule has 106 valence electrons. The van der Waals surface area contributed by atoms with Crippen molar-refractivity contribution in [3.05, 3.63) is 23.3 Å². The van der Waals surface area contributed by atoms with Gasteiger partial charge < -0.3 is 15.4 Å². The van der Waals surface area contributed by atoms with E-state index in [1.807, 2.05) is 20.0 Å². The molecule has 0 bridgehead atoms. The first-order valence-corrected chi connectivity index (χ1v) is 6.60.